The number of nitrogens with zero attached hydrogens (tertiary/aromatic N) is 1. The van der Waals surface area contributed by atoms with Gasteiger partial charge in [-0.15, -0.1) is 0 Å². The third kappa shape index (κ3) is 7.67. The number of amides is 1. The number of ether oxygens (including phenoxy) is 3. The maximum atomic E-state index is 12.3. The topological polar surface area (TPSA) is 94.2 Å². The molecule has 0 spiro atoms. The minimum absolute atomic E-state index is 0.168. The normalized spacial score (nSPS) is 11.0. The van der Waals surface area contributed by atoms with E-state index in [1.165, 1.54) is 11.4 Å². The largest absolute Gasteiger partial charge is 0.497 e. The summed E-state index contributed by atoms with van der Waals surface area (Å²) in [7, 11) is -0.453. The standard InChI is InChI=1S/C22H30N2O6S/c1-17-10-11-21(29-3)20(15-17)24(31(4,26)27)13-6-9-22(25)23-12-14-30-19-8-5-7-18(16-19)28-2/h5,7-8,10-11,15-16H,6,9,12-14H2,1-4H3,(H,23,25). The van der Waals surface area contributed by atoms with Crippen molar-refractivity contribution in [1.29, 1.82) is 0 Å². The molecule has 0 aliphatic rings. The van der Waals surface area contributed by atoms with Crippen LogP contribution >= 0.6 is 0 Å². The third-order valence-corrected chi connectivity index (χ3v) is 5.68. The van der Waals surface area contributed by atoms with Gasteiger partial charge in [-0.05, 0) is 43.2 Å². The van der Waals surface area contributed by atoms with E-state index in [-0.39, 0.29) is 18.9 Å². The second kappa shape index (κ2) is 11.5. The minimum atomic E-state index is -3.53. The highest BCUT2D eigenvalue weighted by Gasteiger charge is 2.21. The van der Waals surface area contributed by atoms with Gasteiger partial charge in [0.1, 0.15) is 23.9 Å². The summed E-state index contributed by atoms with van der Waals surface area (Å²) in [6, 6.07) is 12.6. The number of hydrogen-bond donors (Lipinski definition) is 1. The fraction of sp³-hybridized carbons (Fsp3) is 0.409. The van der Waals surface area contributed by atoms with E-state index in [0.29, 0.717) is 42.5 Å². The maximum Gasteiger partial charge on any atom is 0.232 e. The molecule has 0 atom stereocenters. The Morgan fingerprint density at radius 2 is 1.81 bits per heavy atom. The third-order valence-electron chi connectivity index (χ3n) is 4.50. The second-order valence-corrected chi connectivity index (χ2v) is 8.90. The zero-order chi connectivity index (χ0) is 22.9. The SMILES string of the molecule is COc1cccc(OCCNC(=O)CCCN(c2cc(C)ccc2OC)S(C)(=O)=O)c1. The average Bonchev–Trinajstić information content (AvgIpc) is 2.73. The zero-order valence-electron chi connectivity index (χ0n) is 18.4. The van der Waals surface area contributed by atoms with Gasteiger partial charge in [0.25, 0.3) is 0 Å². The Hall–Kier alpha value is -2.94. The Bertz CT molecular complexity index is 978. The number of sulfonamides is 1. The van der Waals surface area contributed by atoms with Crippen LogP contribution in [0.1, 0.15) is 18.4 Å². The van der Waals surface area contributed by atoms with E-state index in [2.05, 4.69) is 5.32 Å². The van der Waals surface area contributed by atoms with Crippen LogP contribution in [-0.2, 0) is 14.8 Å². The highest BCUT2D eigenvalue weighted by atomic mass is 32.2. The average molecular weight is 451 g/mol. The van der Waals surface area contributed by atoms with Crippen molar-refractivity contribution in [3.63, 3.8) is 0 Å². The smallest absolute Gasteiger partial charge is 0.232 e. The number of anilines is 1. The van der Waals surface area contributed by atoms with Crippen molar-refractivity contribution in [3.8, 4) is 17.2 Å². The van der Waals surface area contributed by atoms with Gasteiger partial charge in [0, 0.05) is 19.0 Å². The number of aryl methyl sites for hydroxylation is 1. The van der Waals surface area contributed by atoms with E-state index >= 15 is 0 Å². The van der Waals surface area contributed by atoms with E-state index in [1.54, 1.807) is 25.3 Å². The Morgan fingerprint density at radius 1 is 1.06 bits per heavy atom. The van der Waals surface area contributed by atoms with Crippen LogP contribution in [0.2, 0.25) is 0 Å². The molecule has 1 amide bonds. The van der Waals surface area contributed by atoms with E-state index in [4.69, 9.17) is 14.2 Å². The molecule has 9 heteroatoms. The van der Waals surface area contributed by atoms with Crippen molar-refractivity contribution in [1.82, 2.24) is 5.32 Å². The molecule has 8 nitrogen and oxygen atoms in total. The summed E-state index contributed by atoms with van der Waals surface area (Å²) in [6.07, 6.45) is 1.71. The molecule has 0 aliphatic heterocycles. The van der Waals surface area contributed by atoms with Gasteiger partial charge in [0.05, 0.1) is 32.7 Å². The van der Waals surface area contributed by atoms with Crippen LogP contribution in [0.15, 0.2) is 42.5 Å². The van der Waals surface area contributed by atoms with Crippen molar-refractivity contribution < 1.29 is 27.4 Å². The predicted molar refractivity (Wildman–Crippen MR) is 121 cm³/mol. The summed E-state index contributed by atoms with van der Waals surface area (Å²) in [5.41, 5.74) is 1.38. The summed E-state index contributed by atoms with van der Waals surface area (Å²) >= 11 is 0. The number of rotatable bonds is 12. The van der Waals surface area contributed by atoms with Crippen LogP contribution in [-0.4, -0.2) is 54.5 Å². The van der Waals surface area contributed by atoms with Crippen molar-refractivity contribution in [2.75, 3.05) is 44.5 Å². The van der Waals surface area contributed by atoms with Crippen molar-refractivity contribution >= 4 is 21.6 Å². The highest BCUT2D eigenvalue weighted by Crippen LogP contribution is 2.31. The molecule has 0 saturated heterocycles. The first kappa shape index (κ1) is 24.3. The summed E-state index contributed by atoms with van der Waals surface area (Å²) in [6.45, 7) is 2.71. The van der Waals surface area contributed by atoms with Crippen molar-refractivity contribution in [3.05, 3.63) is 48.0 Å². The summed E-state index contributed by atoms with van der Waals surface area (Å²) in [5.74, 6) is 1.65. The number of nitrogens with one attached hydrogen (secondary N) is 1. The molecule has 170 valence electrons. The van der Waals surface area contributed by atoms with Gasteiger partial charge in [-0.1, -0.05) is 12.1 Å². The summed E-state index contributed by atoms with van der Waals surface area (Å²) in [5, 5.41) is 2.78. The van der Waals surface area contributed by atoms with Gasteiger partial charge in [-0.25, -0.2) is 8.42 Å². The molecule has 2 aromatic carbocycles. The quantitative estimate of drug-likeness (QED) is 0.500. The molecule has 1 N–H and O–H groups in total. The number of hydrogen-bond acceptors (Lipinski definition) is 6. The van der Waals surface area contributed by atoms with Gasteiger partial charge < -0.3 is 19.5 Å². The van der Waals surface area contributed by atoms with Crippen molar-refractivity contribution in [2.45, 2.75) is 19.8 Å². The van der Waals surface area contributed by atoms with E-state index in [1.807, 2.05) is 31.2 Å². The fourth-order valence-electron chi connectivity index (χ4n) is 2.98. The number of benzene rings is 2. The molecule has 2 aromatic rings. The molecule has 0 fully saturated rings. The molecule has 0 unspecified atom stereocenters. The molecule has 31 heavy (non-hydrogen) atoms. The predicted octanol–water partition coefficient (Wildman–Crippen LogP) is 2.75. The zero-order valence-corrected chi connectivity index (χ0v) is 19.2. The molecule has 0 radical (unpaired) electrons. The highest BCUT2D eigenvalue weighted by molar-refractivity contribution is 7.92. The van der Waals surface area contributed by atoms with Gasteiger partial charge in [-0.2, -0.15) is 0 Å². The molecule has 2 rings (SSSR count). The lowest BCUT2D eigenvalue weighted by molar-refractivity contribution is -0.121. The number of methoxy groups -OCH3 is 2. The van der Waals surface area contributed by atoms with Crippen LogP contribution in [0.3, 0.4) is 0 Å². The van der Waals surface area contributed by atoms with Crippen LogP contribution < -0.4 is 23.8 Å². The first-order valence-corrected chi connectivity index (χ1v) is 11.8. The van der Waals surface area contributed by atoms with E-state index in [9.17, 15) is 13.2 Å². The monoisotopic (exact) mass is 450 g/mol. The van der Waals surface area contributed by atoms with Crippen LogP contribution in [0.5, 0.6) is 17.2 Å². The molecule has 0 bridgehead atoms. The molecule has 0 saturated carbocycles. The minimum Gasteiger partial charge on any atom is -0.497 e. The Morgan fingerprint density at radius 3 is 2.48 bits per heavy atom. The van der Waals surface area contributed by atoms with Crippen LogP contribution in [0, 0.1) is 6.92 Å². The molecular formula is C22H30N2O6S. The lowest BCUT2D eigenvalue weighted by Gasteiger charge is -2.24. The summed E-state index contributed by atoms with van der Waals surface area (Å²) < 4.78 is 42.0. The Labute approximate surface area is 184 Å². The van der Waals surface area contributed by atoms with Crippen LogP contribution in [0.4, 0.5) is 5.69 Å². The number of carbonyl (C=O) groups excluding carboxylic acids is 1. The lowest BCUT2D eigenvalue weighted by Crippen LogP contribution is -2.33. The first-order valence-electron chi connectivity index (χ1n) is 9.90. The molecule has 0 aromatic heterocycles. The first-order chi connectivity index (χ1) is 14.7. The summed E-state index contributed by atoms with van der Waals surface area (Å²) in [4.78, 5) is 12.1. The fourth-order valence-corrected chi connectivity index (χ4v) is 3.94. The second-order valence-electron chi connectivity index (χ2n) is 6.99. The molecular weight excluding hydrogens is 420 g/mol. The van der Waals surface area contributed by atoms with Crippen LogP contribution in [0.25, 0.3) is 0 Å². The number of carbonyl (C=O) groups is 1. The van der Waals surface area contributed by atoms with Gasteiger partial charge >= 0.3 is 0 Å². The van der Waals surface area contributed by atoms with Gasteiger partial charge in [-0.3, -0.25) is 9.10 Å². The Balaban J connectivity index is 1.83. The van der Waals surface area contributed by atoms with E-state index < -0.39 is 10.0 Å². The lowest BCUT2D eigenvalue weighted by atomic mass is 10.2. The molecule has 0 heterocycles. The Kier molecular flexibility index (Phi) is 8.99. The van der Waals surface area contributed by atoms with Gasteiger partial charge in [0.15, 0.2) is 0 Å². The van der Waals surface area contributed by atoms with E-state index in [0.717, 1.165) is 11.8 Å². The van der Waals surface area contributed by atoms with Gasteiger partial charge in [0.2, 0.25) is 15.9 Å². The maximum absolute atomic E-state index is 12.3. The molecule has 0 aliphatic carbocycles. The van der Waals surface area contributed by atoms with Crippen molar-refractivity contribution in [2.24, 2.45) is 0 Å².